The Morgan fingerprint density at radius 2 is 1.90 bits per heavy atom. The summed E-state index contributed by atoms with van der Waals surface area (Å²) in [6.45, 7) is 3.93. The smallest absolute Gasteiger partial charge is 0.220 e. The zero-order valence-electron chi connectivity index (χ0n) is 12.3. The van der Waals surface area contributed by atoms with Crippen molar-refractivity contribution in [2.45, 2.75) is 32.9 Å². The van der Waals surface area contributed by atoms with Crippen molar-refractivity contribution in [2.24, 2.45) is 0 Å². The van der Waals surface area contributed by atoms with Crippen LogP contribution in [0.5, 0.6) is 0 Å². The van der Waals surface area contributed by atoms with Crippen molar-refractivity contribution in [3.05, 3.63) is 57.8 Å². The van der Waals surface area contributed by atoms with E-state index >= 15 is 0 Å². The first-order valence-corrected chi connectivity index (χ1v) is 8.15. The maximum absolute atomic E-state index is 11.8. The summed E-state index contributed by atoms with van der Waals surface area (Å²) < 4.78 is 5.36. The Hall–Kier alpha value is -1.65. The fourth-order valence-corrected chi connectivity index (χ4v) is 2.66. The van der Waals surface area contributed by atoms with E-state index < -0.39 is 0 Å². The number of ether oxygens (including phenoxy) is 1. The molecule has 1 aromatic carbocycles. The van der Waals surface area contributed by atoms with Gasteiger partial charge in [0.15, 0.2) is 0 Å². The van der Waals surface area contributed by atoms with Crippen molar-refractivity contribution >= 4 is 17.2 Å². The molecule has 3 nitrogen and oxygen atoms in total. The highest BCUT2D eigenvalue weighted by Gasteiger charge is 2.03. The topological polar surface area (TPSA) is 38.3 Å². The zero-order valence-corrected chi connectivity index (χ0v) is 13.1. The normalized spacial score (nSPS) is 10.5. The van der Waals surface area contributed by atoms with Gasteiger partial charge in [0.25, 0.3) is 0 Å². The van der Waals surface area contributed by atoms with Gasteiger partial charge < -0.3 is 10.1 Å². The molecule has 2 rings (SSSR count). The van der Waals surface area contributed by atoms with Gasteiger partial charge in [-0.2, -0.15) is 11.3 Å². The van der Waals surface area contributed by atoms with Crippen LogP contribution in [-0.4, -0.2) is 12.5 Å². The Balaban J connectivity index is 1.70. The monoisotopic (exact) mass is 303 g/mol. The highest BCUT2D eigenvalue weighted by molar-refractivity contribution is 7.07. The summed E-state index contributed by atoms with van der Waals surface area (Å²) in [6.07, 6.45) is 1.35. The molecule has 2 aromatic rings. The van der Waals surface area contributed by atoms with Crippen molar-refractivity contribution < 1.29 is 9.53 Å². The summed E-state index contributed by atoms with van der Waals surface area (Å²) in [5.41, 5.74) is 3.50. The standard InChI is InChI=1S/C17H21NO2S/c1-2-20-12-15-5-3-14(4-6-15)11-18-17(19)8-7-16-9-10-21-13-16/h3-6,9-10,13H,2,7-8,11-12H2,1H3,(H,18,19). The lowest BCUT2D eigenvalue weighted by Crippen LogP contribution is -2.22. The average Bonchev–Trinajstić information content (AvgIpc) is 3.03. The molecule has 4 heteroatoms. The molecule has 0 spiro atoms. The molecule has 0 aliphatic heterocycles. The summed E-state index contributed by atoms with van der Waals surface area (Å²) in [7, 11) is 0. The second kappa shape index (κ2) is 8.60. The first-order chi connectivity index (χ1) is 10.3. The van der Waals surface area contributed by atoms with Crippen molar-refractivity contribution in [1.29, 1.82) is 0 Å². The Morgan fingerprint density at radius 3 is 2.57 bits per heavy atom. The fourth-order valence-electron chi connectivity index (χ4n) is 1.96. The van der Waals surface area contributed by atoms with Crippen LogP contribution >= 0.6 is 11.3 Å². The molecule has 112 valence electrons. The number of hydrogen-bond donors (Lipinski definition) is 1. The van der Waals surface area contributed by atoms with Crippen LogP contribution in [0.1, 0.15) is 30.0 Å². The lowest BCUT2D eigenvalue weighted by Gasteiger charge is -2.06. The molecule has 0 aliphatic rings. The molecule has 0 unspecified atom stereocenters. The van der Waals surface area contributed by atoms with E-state index in [1.165, 1.54) is 5.56 Å². The van der Waals surface area contributed by atoms with E-state index in [1.54, 1.807) is 11.3 Å². The number of benzene rings is 1. The molecule has 1 amide bonds. The van der Waals surface area contributed by atoms with Crippen molar-refractivity contribution in [3.8, 4) is 0 Å². The van der Waals surface area contributed by atoms with Gasteiger partial charge in [0, 0.05) is 19.6 Å². The molecule has 0 saturated carbocycles. The van der Waals surface area contributed by atoms with Gasteiger partial charge in [0.2, 0.25) is 5.91 Å². The minimum Gasteiger partial charge on any atom is -0.377 e. The number of hydrogen-bond acceptors (Lipinski definition) is 3. The number of rotatable bonds is 8. The molecular formula is C17H21NO2S. The summed E-state index contributed by atoms with van der Waals surface area (Å²) in [5, 5.41) is 7.08. The van der Waals surface area contributed by atoms with Crippen LogP contribution in [0.15, 0.2) is 41.1 Å². The van der Waals surface area contributed by atoms with E-state index in [2.05, 4.69) is 16.8 Å². The van der Waals surface area contributed by atoms with E-state index in [9.17, 15) is 4.79 Å². The minimum absolute atomic E-state index is 0.0968. The zero-order chi connectivity index (χ0) is 14.9. The first-order valence-electron chi connectivity index (χ1n) is 7.21. The third-order valence-corrected chi connectivity index (χ3v) is 3.94. The molecule has 0 radical (unpaired) electrons. The molecule has 1 aromatic heterocycles. The maximum Gasteiger partial charge on any atom is 0.220 e. The minimum atomic E-state index is 0.0968. The molecule has 21 heavy (non-hydrogen) atoms. The Kier molecular flexibility index (Phi) is 6.44. The van der Waals surface area contributed by atoms with E-state index in [0.717, 1.165) is 24.2 Å². The number of amides is 1. The van der Waals surface area contributed by atoms with Crippen LogP contribution < -0.4 is 5.32 Å². The number of aryl methyl sites for hydroxylation is 1. The van der Waals surface area contributed by atoms with Gasteiger partial charge in [-0.25, -0.2) is 0 Å². The predicted molar refractivity (Wildman–Crippen MR) is 86.3 cm³/mol. The summed E-state index contributed by atoms with van der Waals surface area (Å²) >= 11 is 1.67. The van der Waals surface area contributed by atoms with Gasteiger partial charge in [0.05, 0.1) is 6.61 Å². The number of nitrogens with one attached hydrogen (secondary N) is 1. The molecule has 0 fully saturated rings. The van der Waals surface area contributed by atoms with Crippen LogP contribution in [0.25, 0.3) is 0 Å². The summed E-state index contributed by atoms with van der Waals surface area (Å²) in [4.78, 5) is 11.8. The summed E-state index contributed by atoms with van der Waals surface area (Å²) in [6, 6.07) is 10.2. The van der Waals surface area contributed by atoms with Crippen molar-refractivity contribution in [2.75, 3.05) is 6.61 Å². The largest absolute Gasteiger partial charge is 0.377 e. The molecule has 0 aliphatic carbocycles. The number of carbonyl (C=O) groups is 1. The third-order valence-electron chi connectivity index (χ3n) is 3.21. The fraction of sp³-hybridized carbons (Fsp3) is 0.353. The third kappa shape index (κ3) is 5.69. The predicted octanol–water partition coefficient (Wildman–Crippen LogP) is 3.53. The molecule has 0 bridgehead atoms. The van der Waals surface area contributed by atoms with Crippen LogP contribution in [0, 0.1) is 0 Å². The van der Waals surface area contributed by atoms with Crippen LogP contribution in [0.4, 0.5) is 0 Å². The number of carbonyl (C=O) groups excluding carboxylic acids is 1. The van der Waals surface area contributed by atoms with Gasteiger partial charge in [-0.1, -0.05) is 24.3 Å². The highest BCUT2D eigenvalue weighted by Crippen LogP contribution is 2.09. The van der Waals surface area contributed by atoms with E-state index in [1.807, 2.05) is 36.6 Å². The van der Waals surface area contributed by atoms with E-state index in [-0.39, 0.29) is 5.91 Å². The van der Waals surface area contributed by atoms with Crippen LogP contribution in [-0.2, 0) is 29.1 Å². The van der Waals surface area contributed by atoms with Crippen molar-refractivity contribution in [3.63, 3.8) is 0 Å². The van der Waals surface area contributed by atoms with E-state index in [4.69, 9.17) is 4.74 Å². The highest BCUT2D eigenvalue weighted by atomic mass is 32.1. The van der Waals surface area contributed by atoms with Crippen LogP contribution in [0.2, 0.25) is 0 Å². The number of thiophene rings is 1. The molecule has 1 N–H and O–H groups in total. The average molecular weight is 303 g/mol. The van der Waals surface area contributed by atoms with Gasteiger partial charge >= 0.3 is 0 Å². The Labute approximate surface area is 130 Å². The Bertz CT molecular complexity index is 534. The quantitative estimate of drug-likeness (QED) is 0.810. The molecular weight excluding hydrogens is 282 g/mol. The lowest BCUT2D eigenvalue weighted by atomic mass is 10.1. The van der Waals surface area contributed by atoms with E-state index in [0.29, 0.717) is 19.6 Å². The second-order valence-electron chi connectivity index (χ2n) is 4.86. The van der Waals surface area contributed by atoms with Gasteiger partial charge in [-0.05, 0) is 46.9 Å². The molecule has 1 heterocycles. The first kappa shape index (κ1) is 15.7. The maximum atomic E-state index is 11.8. The summed E-state index contributed by atoms with van der Waals surface area (Å²) in [5.74, 6) is 0.0968. The van der Waals surface area contributed by atoms with Crippen LogP contribution in [0.3, 0.4) is 0 Å². The van der Waals surface area contributed by atoms with Gasteiger partial charge in [-0.15, -0.1) is 0 Å². The molecule has 0 atom stereocenters. The SMILES string of the molecule is CCOCc1ccc(CNC(=O)CCc2ccsc2)cc1. The molecule has 0 saturated heterocycles. The second-order valence-corrected chi connectivity index (χ2v) is 5.64. The Morgan fingerprint density at radius 1 is 1.14 bits per heavy atom. The van der Waals surface area contributed by atoms with Gasteiger partial charge in [-0.3, -0.25) is 4.79 Å². The van der Waals surface area contributed by atoms with Gasteiger partial charge in [0.1, 0.15) is 0 Å². The van der Waals surface area contributed by atoms with Crippen molar-refractivity contribution in [1.82, 2.24) is 5.32 Å². The lowest BCUT2D eigenvalue weighted by molar-refractivity contribution is -0.121.